The average molecular weight is 260 g/mol. The molecule has 1 saturated heterocycles. The lowest BCUT2D eigenvalue weighted by Crippen LogP contribution is -2.37. The maximum atomic E-state index is 12.0. The highest BCUT2D eigenvalue weighted by atomic mass is 16.6. The standard InChI is InChI=1S/C14H16N2O3/c17-11-15-9-13-7-4-8-16(13)14(18)19-10-12-5-2-1-3-6-12/h1-3,5-6,13H,4,7-10H2. The number of rotatable bonds is 4. The first-order chi connectivity index (χ1) is 9.31. The van der Waals surface area contributed by atoms with Crippen molar-refractivity contribution in [2.45, 2.75) is 25.5 Å². The predicted octanol–water partition coefficient (Wildman–Crippen LogP) is 2.12. The van der Waals surface area contributed by atoms with E-state index in [1.54, 1.807) is 4.90 Å². The number of ether oxygens (including phenoxy) is 1. The van der Waals surface area contributed by atoms with Gasteiger partial charge in [0, 0.05) is 6.54 Å². The van der Waals surface area contributed by atoms with Gasteiger partial charge in [-0.3, -0.25) is 0 Å². The summed E-state index contributed by atoms with van der Waals surface area (Å²) in [7, 11) is 0. The van der Waals surface area contributed by atoms with Crippen molar-refractivity contribution in [1.82, 2.24) is 4.90 Å². The minimum absolute atomic E-state index is 0.0373. The molecule has 0 spiro atoms. The normalized spacial score (nSPS) is 17.9. The van der Waals surface area contributed by atoms with Crippen LogP contribution in [0.1, 0.15) is 18.4 Å². The molecule has 19 heavy (non-hydrogen) atoms. The van der Waals surface area contributed by atoms with Crippen molar-refractivity contribution in [1.29, 1.82) is 0 Å². The van der Waals surface area contributed by atoms with E-state index in [1.165, 1.54) is 6.08 Å². The minimum Gasteiger partial charge on any atom is -0.445 e. The van der Waals surface area contributed by atoms with Crippen LogP contribution in [-0.4, -0.2) is 36.2 Å². The lowest BCUT2D eigenvalue weighted by Gasteiger charge is -2.22. The number of nitrogens with zero attached hydrogens (tertiary/aromatic N) is 2. The summed E-state index contributed by atoms with van der Waals surface area (Å²) in [6, 6.07) is 9.50. The van der Waals surface area contributed by atoms with Crippen LogP contribution >= 0.6 is 0 Å². The molecule has 2 rings (SSSR count). The van der Waals surface area contributed by atoms with Gasteiger partial charge in [-0.05, 0) is 18.4 Å². The topological polar surface area (TPSA) is 59.0 Å². The Labute approximate surface area is 111 Å². The van der Waals surface area contributed by atoms with Gasteiger partial charge in [-0.1, -0.05) is 30.3 Å². The molecular formula is C14H16N2O3. The predicted molar refractivity (Wildman–Crippen MR) is 69.3 cm³/mol. The monoisotopic (exact) mass is 260 g/mol. The number of benzene rings is 1. The molecule has 100 valence electrons. The SMILES string of the molecule is O=C=NCC1CCCN1C(=O)OCc1ccccc1. The van der Waals surface area contributed by atoms with Crippen molar-refractivity contribution >= 4 is 12.2 Å². The quantitative estimate of drug-likeness (QED) is 0.615. The molecule has 0 aromatic heterocycles. The molecule has 1 aromatic carbocycles. The average Bonchev–Trinajstić information content (AvgIpc) is 2.92. The van der Waals surface area contributed by atoms with E-state index in [1.807, 2.05) is 30.3 Å². The summed E-state index contributed by atoms with van der Waals surface area (Å²) in [5, 5.41) is 0. The van der Waals surface area contributed by atoms with Crippen molar-refractivity contribution in [3.05, 3.63) is 35.9 Å². The van der Waals surface area contributed by atoms with Gasteiger partial charge in [0.05, 0.1) is 12.6 Å². The lowest BCUT2D eigenvalue weighted by molar-refractivity contribution is 0.0932. The second-order valence-corrected chi connectivity index (χ2v) is 4.46. The van der Waals surface area contributed by atoms with E-state index in [-0.39, 0.29) is 18.7 Å². The third-order valence-electron chi connectivity index (χ3n) is 3.18. The first kappa shape index (κ1) is 13.3. The summed E-state index contributed by atoms with van der Waals surface area (Å²) in [6.45, 7) is 1.23. The lowest BCUT2D eigenvalue weighted by atomic mass is 10.2. The molecule has 1 heterocycles. The van der Waals surface area contributed by atoms with Gasteiger partial charge in [-0.15, -0.1) is 0 Å². The maximum Gasteiger partial charge on any atom is 0.410 e. The maximum absolute atomic E-state index is 12.0. The zero-order valence-electron chi connectivity index (χ0n) is 10.6. The molecule has 1 aromatic rings. The summed E-state index contributed by atoms with van der Waals surface area (Å²) in [4.78, 5) is 27.3. The molecule has 0 saturated carbocycles. The van der Waals surface area contributed by atoms with Gasteiger partial charge in [0.2, 0.25) is 6.08 Å². The molecule has 0 bridgehead atoms. The molecule has 5 heteroatoms. The first-order valence-electron chi connectivity index (χ1n) is 6.32. The molecule has 0 radical (unpaired) electrons. The minimum atomic E-state index is -0.340. The van der Waals surface area contributed by atoms with Crippen LogP contribution in [0.4, 0.5) is 4.79 Å². The van der Waals surface area contributed by atoms with Gasteiger partial charge in [0.15, 0.2) is 0 Å². The van der Waals surface area contributed by atoms with Crippen molar-refractivity contribution < 1.29 is 14.3 Å². The Morgan fingerprint density at radius 3 is 2.95 bits per heavy atom. The number of hydrogen-bond donors (Lipinski definition) is 0. The number of aliphatic imine (C=N–C) groups is 1. The summed E-state index contributed by atoms with van der Waals surface area (Å²) in [5.41, 5.74) is 0.956. The van der Waals surface area contributed by atoms with Gasteiger partial charge in [-0.25, -0.2) is 14.6 Å². The number of hydrogen-bond acceptors (Lipinski definition) is 4. The first-order valence-corrected chi connectivity index (χ1v) is 6.32. The molecule has 5 nitrogen and oxygen atoms in total. The molecule has 0 N–H and O–H groups in total. The smallest absolute Gasteiger partial charge is 0.410 e. The highest BCUT2D eigenvalue weighted by molar-refractivity contribution is 5.68. The fourth-order valence-electron chi connectivity index (χ4n) is 2.21. The molecule has 1 fully saturated rings. The number of carbonyl (C=O) groups is 1. The Morgan fingerprint density at radius 2 is 2.21 bits per heavy atom. The van der Waals surface area contributed by atoms with Crippen LogP contribution in [0.3, 0.4) is 0 Å². The summed E-state index contributed by atoms with van der Waals surface area (Å²) in [5.74, 6) is 0. The van der Waals surface area contributed by atoms with Crippen LogP contribution < -0.4 is 0 Å². The van der Waals surface area contributed by atoms with Crippen molar-refractivity contribution in [2.24, 2.45) is 4.99 Å². The van der Waals surface area contributed by atoms with Gasteiger partial charge in [-0.2, -0.15) is 0 Å². The molecule has 1 aliphatic rings. The van der Waals surface area contributed by atoms with Gasteiger partial charge >= 0.3 is 6.09 Å². The van der Waals surface area contributed by atoms with Crippen LogP contribution in [-0.2, 0) is 16.1 Å². The van der Waals surface area contributed by atoms with E-state index in [2.05, 4.69) is 4.99 Å². The second-order valence-electron chi connectivity index (χ2n) is 4.46. The fourth-order valence-corrected chi connectivity index (χ4v) is 2.21. The molecule has 1 unspecified atom stereocenters. The Kier molecular flexibility index (Phi) is 4.70. The van der Waals surface area contributed by atoms with Crippen molar-refractivity contribution in [2.75, 3.05) is 13.1 Å². The highest BCUT2D eigenvalue weighted by Crippen LogP contribution is 2.19. The molecule has 1 aliphatic heterocycles. The number of amides is 1. The van der Waals surface area contributed by atoms with Crippen molar-refractivity contribution in [3.8, 4) is 0 Å². The van der Waals surface area contributed by atoms with E-state index in [4.69, 9.17) is 4.74 Å². The number of likely N-dealkylation sites (tertiary alicyclic amines) is 1. The molecule has 1 amide bonds. The third-order valence-corrected chi connectivity index (χ3v) is 3.18. The zero-order valence-corrected chi connectivity index (χ0v) is 10.6. The molecule has 0 aliphatic carbocycles. The summed E-state index contributed by atoms with van der Waals surface area (Å²) in [6.07, 6.45) is 2.94. The van der Waals surface area contributed by atoms with Crippen LogP contribution in [0.5, 0.6) is 0 Å². The van der Waals surface area contributed by atoms with Gasteiger partial charge < -0.3 is 9.64 Å². The fraction of sp³-hybridized carbons (Fsp3) is 0.429. The summed E-state index contributed by atoms with van der Waals surface area (Å²) >= 11 is 0. The van der Waals surface area contributed by atoms with Gasteiger partial charge in [0.25, 0.3) is 0 Å². The van der Waals surface area contributed by atoms with E-state index in [0.29, 0.717) is 13.1 Å². The Morgan fingerprint density at radius 1 is 1.42 bits per heavy atom. The van der Waals surface area contributed by atoms with Crippen LogP contribution in [0.25, 0.3) is 0 Å². The highest BCUT2D eigenvalue weighted by Gasteiger charge is 2.29. The summed E-state index contributed by atoms with van der Waals surface area (Å²) < 4.78 is 5.27. The van der Waals surface area contributed by atoms with E-state index in [9.17, 15) is 9.59 Å². The molecular weight excluding hydrogens is 244 g/mol. The van der Waals surface area contributed by atoms with Crippen molar-refractivity contribution in [3.63, 3.8) is 0 Å². The number of isocyanates is 1. The van der Waals surface area contributed by atoms with E-state index >= 15 is 0 Å². The van der Waals surface area contributed by atoms with Crippen LogP contribution in [0.15, 0.2) is 35.3 Å². The van der Waals surface area contributed by atoms with E-state index in [0.717, 1.165) is 18.4 Å². The third kappa shape index (κ3) is 3.66. The Balaban J connectivity index is 1.86. The second kappa shape index (κ2) is 6.71. The largest absolute Gasteiger partial charge is 0.445 e. The van der Waals surface area contributed by atoms with E-state index < -0.39 is 0 Å². The van der Waals surface area contributed by atoms with Crippen LogP contribution in [0, 0.1) is 0 Å². The van der Waals surface area contributed by atoms with Gasteiger partial charge in [0.1, 0.15) is 6.61 Å². The van der Waals surface area contributed by atoms with Crippen LogP contribution in [0.2, 0.25) is 0 Å². The molecule has 1 atom stereocenters. The Bertz CT molecular complexity index is 469. The Hall–Kier alpha value is -2.13. The zero-order chi connectivity index (χ0) is 13.5. The number of carbonyl (C=O) groups excluding carboxylic acids is 2.